The minimum absolute atomic E-state index is 0.0644. The molecule has 0 spiro atoms. The topological polar surface area (TPSA) is 79.7 Å². The van der Waals surface area contributed by atoms with E-state index < -0.39 is 5.82 Å². The third-order valence-electron chi connectivity index (χ3n) is 5.83. The van der Waals surface area contributed by atoms with E-state index in [4.69, 9.17) is 9.47 Å². The van der Waals surface area contributed by atoms with Gasteiger partial charge in [-0.3, -0.25) is 0 Å². The lowest BCUT2D eigenvalue weighted by Gasteiger charge is -2.36. The van der Waals surface area contributed by atoms with Crippen LogP contribution >= 0.6 is 0 Å². The molecule has 1 aromatic carbocycles. The maximum absolute atomic E-state index is 14.1. The highest BCUT2D eigenvalue weighted by Gasteiger charge is 2.23. The highest BCUT2D eigenvalue weighted by atomic mass is 19.1. The summed E-state index contributed by atoms with van der Waals surface area (Å²) in [4.78, 5) is 10.5. The number of ether oxygens (including phenoxy) is 2. The SMILES string of the molecule is C[C@@H]1CN(c2ccc(Nc3ncc(F)c(OCC4CCCC(O)C4)n3)cc2)C[C@H](C)O1. The molecule has 1 saturated carbocycles. The number of hydrogen-bond acceptors (Lipinski definition) is 7. The van der Waals surface area contributed by atoms with Crippen LogP contribution in [0.25, 0.3) is 0 Å². The van der Waals surface area contributed by atoms with E-state index in [-0.39, 0.29) is 36.1 Å². The minimum Gasteiger partial charge on any atom is -0.475 e. The number of rotatable bonds is 6. The van der Waals surface area contributed by atoms with Crippen molar-refractivity contribution in [2.75, 3.05) is 29.9 Å². The Labute approximate surface area is 182 Å². The smallest absolute Gasteiger partial charge is 0.255 e. The van der Waals surface area contributed by atoms with Gasteiger partial charge in [0, 0.05) is 24.5 Å². The summed E-state index contributed by atoms with van der Waals surface area (Å²) in [5, 5.41) is 12.9. The number of hydrogen-bond donors (Lipinski definition) is 2. The average molecular weight is 431 g/mol. The third kappa shape index (κ3) is 5.83. The van der Waals surface area contributed by atoms with Crippen molar-refractivity contribution in [3.8, 4) is 5.88 Å². The Morgan fingerprint density at radius 3 is 2.65 bits per heavy atom. The summed E-state index contributed by atoms with van der Waals surface area (Å²) in [5.41, 5.74) is 1.94. The van der Waals surface area contributed by atoms with Crippen molar-refractivity contribution < 1.29 is 19.0 Å². The lowest BCUT2D eigenvalue weighted by atomic mass is 9.88. The highest BCUT2D eigenvalue weighted by Crippen LogP contribution is 2.27. The van der Waals surface area contributed by atoms with Crippen molar-refractivity contribution >= 4 is 17.3 Å². The van der Waals surface area contributed by atoms with Gasteiger partial charge in [0.1, 0.15) is 0 Å². The van der Waals surface area contributed by atoms with Gasteiger partial charge in [-0.25, -0.2) is 4.98 Å². The lowest BCUT2D eigenvalue weighted by molar-refractivity contribution is -0.00521. The van der Waals surface area contributed by atoms with Crippen LogP contribution in [-0.2, 0) is 4.74 Å². The van der Waals surface area contributed by atoms with E-state index in [1.807, 2.05) is 24.3 Å². The predicted molar refractivity (Wildman–Crippen MR) is 117 cm³/mol. The fourth-order valence-electron chi connectivity index (χ4n) is 4.40. The molecule has 4 rings (SSSR count). The van der Waals surface area contributed by atoms with E-state index >= 15 is 0 Å². The fourth-order valence-corrected chi connectivity index (χ4v) is 4.40. The molecule has 2 fully saturated rings. The van der Waals surface area contributed by atoms with Crippen LogP contribution in [0, 0.1) is 11.7 Å². The van der Waals surface area contributed by atoms with E-state index in [0.717, 1.165) is 49.9 Å². The maximum Gasteiger partial charge on any atom is 0.255 e. The summed E-state index contributed by atoms with van der Waals surface area (Å²) < 4.78 is 25.5. The summed E-state index contributed by atoms with van der Waals surface area (Å²) in [6.07, 6.45) is 4.68. The number of aromatic nitrogens is 2. The molecule has 2 aromatic rings. The molecule has 0 amide bonds. The standard InChI is InChI=1S/C23H31FN4O3/c1-15-12-28(13-16(2)31-15)19-8-6-18(7-9-19)26-23-25-11-21(24)22(27-23)30-14-17-4-3-5-20(29)10-17/h6-9,11,15-17,20,29H,3-5,10,12-14H2,1-2H3,(H,25,26,27)/t15-,16+,17?,20?. The first-order valence-corrected chi connectivity index (χ1v) is 11.1. The van der Waals surface area contributed by atoms with Crippen molar-refractivity contribution in [1.82, 2.24) is 9.97 Å². The molecule has 7 nitrogen and oxygen atoms in total. The van der Waals surface area contributed by atoms with Crippen LogP contribution in [0.4, 0.5) is 21.7 Å². The molecule has 1 aliphatic carbocycles. The van der Waals surface area contributed by atoms with Gasteiger partial charge in [0.25, 0.3) is 5.88 Å². The Balaban J connectivity index is 1.37. The van der Waals surface area contributed by atoms with Gasteiger partial charge in [0.05, 0.1) is 31.1 Å². The normalized spacial score (nSPS) is 26.5. The number of anilines is 3. The number of nitrogens with one attached hydrogen (secondary N) is 1. The number of aliphatic hydroxyl groups excluding tert-OH is 1. The average Bonchev–Trinajstić information content (AvgIpc) is 2.74. The number of aliphatic hydroxyl groups is 1. The summed E-state index contributed by atoms with van der Waals surface area (Å²) in [5.74, 6) is -0.160. The van der Waals surface area contributed by atoms with Crippen molar-refractivity contribution in [1.29, 1.82) is 0 Å². The fraction of sp³-hybridized carbons (Fsp3) is 0.565. The van der Waals surface area contributed by atoms with Gasteiger partial charge in [0.15, 0.2) is 0 Å². The third-order valence-corrected chi connectivity index (χ3v) is 5.83. The molecule has 2 N–H and O–H groups in total. The summed E-state index contributed by atoms with van der Waals surface area (Å²) >= 11 is 0. The van der Waals surface area contributed by atoms with Crippen LogP contribution in [0.3, 0.4) is 0 Å². The maximum atomic E-state index is 14.1. The van der Waals surface area contributed by atoms with Crippen molar-refractivity contribution in [2.24, 2.45) is 5.92 Å². The molecular weight excluding hydrogens is 399 g/mol. The number of benzene rings is 1. The molecule has 2 heterocycles. The Morgan fingerprint density at radius 1 is 1.19 bits per heavy atom. The first kappa shape index (κ1) is 21.8. The number of morpholine rings is 1. The summed E-state index contributed by atoms with van der Waals surface area (Å²) in [6.45, 7) is 6.23. The second kappa shape index (κ2) is 9.78. The molecule has 4 atom stereocenters. The Bertz CT molecular complexity index is 856. The van der Waals surface area contributed by atoms with E-state index in [1.165, 1.54) is 0 Å². The largest absolute Gasteiger partial charge is 0.475 e. The second-order valence-electron chi connectivity index (χ2n) is 8.68. The van der Waals surface area contributed by atoms with Crippen molar-refractivity contribution in [3.63, 3.8) is 0 Å². The molecule has 0 bridgehead atoms. The summed E-state index contributed by atoms with van der Waals surface area (Å²) in [6, 6.07) is 8.00. The van der Waals surface area contributed by atoms with Crippen molar-refractivity contribution in [2.45, 2.75) is 57.8 Å². The molecule has 2 aliphatic rings. The van der Waals surface area contributed by atoms with Gasteiger partial charge in [-0.1, -0.05) is 6.42 Å². The first-order chi connectivity index (χ1) is 15.0. The quantitative estimate of drug-likeness (QED) is 0.719. The van der Waals surface area contributed by atoms with Gasteiger partial charge in [0.2, 0.25) is 11.8 Å². The van der Waals surface area contributed by atoms with Crippen LogP contribution in [0.1, 0.15) is 39.5 Å². The molecule has 1 saturated heterocycles. The van der Waals surface area contributed by atoms with E-state index in [9.17, 15) is 9.50 Å². The van der Waals surface area contributed by atoms with Gasteiger partial charge >= 0.3 is 0 Å². The van der Waals surface area contributed by atoms with Crippen LogP contribution < -0.4 is 15.0 Å². The monoisotopic (exact) mass is 430 g/mol. The first-order valence-electron chi connectivity index (χ1n) is 11.1. The van der Waals surface area contributed by atoms with Crippen LogP contribution in [0.2, 0.25) is 0 Å². The van der Waals surface area contributed by atoms with E-state index in [2.05, 4.69) is 34.0 Å². The zero-order valence-corrected chi connectivity index (χ0v) is 18.1. The Morgan fingerprint density at radius 2 is 1.94 bits per heavy atom. The minimum atomic E-state index is -0.590. The van der Waals surface area contributed by atoms with E-state index in [1.54, 1.807) is 0 Å². The van der Waals surface area contributed by atoms with Crippen LogP contribution in [-0.4, -0.2) is 53.1 Å². The Kier molecular flexibility index (Phi) is 6.87. The molecule has 1 aromatic heterocycles. The van der Waals surface area contributed by atoms with Gasteiger partial charge in [-0.05, 0) is 63.3 Å². The zero-order chi connectivity index (χ0) is 21.8. The molecule has 168 valence electrons. The van der Waals surface area contributed by atoms with E-state index in [0.29, 0.717) is 13.0 Å². The Hall–Kier alpha value is -2.45. The summed E-state index contributed by atoms with van der Waals surface area (Å²) in [7, 11) is 0. The number of nitrogens with zero attached hydrogens (tertiary/aromatic N) is 3. The molecule has 2 unspecified atom stereocenters. The van der Waals surface area contributed by atoms with Crippen molar-refractivity contribution in [3.05, 3.63) is 36.3 Å². The lowest BCUT2D eigenvalue weighted by Crippen LogP contribution is -2.45. The van der Waals surface area contributed by atoms with Gasteiger partial charge in [-0.2, -0.15) is 9.37 Å². The predicted octanol–water partition coefficient (Wildman–Crippen LogP) is 3.90. The van der Waals surface area contributed by atoms with Gasteiger partial charge in [-0.15, -0.1) is 0 Å². The van der Waals surface area contributed by atoms with Gasteiger partial charge < -0.3 is 24.8 Å². The second-order valence-corrected chi connectivity index (χ2v) is 8.68. The zero-order valence-electron chi connectivity index (χ0n) is 18.1. The van der Waals surface area contributed by atoms with Crippen LogP contribution in [0.15, 0.2) is 30.5 Å². The molecular formula is C23H31FN4O3. The molecule has 0 radical (unpaired) electrons. The van der Waals surface area contributed by atoms with Crippen LogP contribution in [0.5, 0.6) is 5.88 Å². The number of halogens is 1. The molecule has 31 heavy (non-hydrogen) atoms. The molecule has 8 heteroatoms. The highest BCUT2D eigenvalue weighted by molar-refractivity contribution is 5.59. The molecule has 1 aliphatic heterocycles.